The molecule has 4 saturated carbocycles. The first-order chi connectivity index (χ1) is 19.4. The van der Waals surface area contributed by atoms with E-state index in [1.54, 1.807) is 31.4 Å². The Balaban J connectivity index is 1.21. The highest BCUT2D eigenvalue weighted by molar-refractivity contribution is 7.86. The van der Waals surface area contributed by atoms with E-state index < -0.39 is 15.5 Å². The fraction of sp³-hybridized carbons (Fsp3) is 0.529. The van der Waals surface area contributed by atoms with Gasteiger partial charge >= 0.3 is 0 Å². The molecule has 0 N–H and O–H groups in total. The molecule has 0 aliphatic heterocycles. The van der Waals surface area contributed by atoms with Crippen LogP contribution in [0.3, 0.4) is 0 Å². The molecular formula is C34H40O6S. The van der Waals surface area contributed by atoms with E-state index in [1.807, 2.05) is 44.2 Å². The minimum atomic E-state index is -3.85. The summed E-state index contributed by atoms with van der Waals surface area (Å²) in [5.41, 5.74) is 1.92. The molecule has 0 unspecified atom stereocenters. The Bertz CT molecular complexity index is 1490. The van der Waals surface area contributed by atoms with Gasteiger partial charge in [0.1, 0.15) is 11.5 Å². The fourth-order valence-corrected chi connectivity index (χ4v) is 9.89. The van der Waals surface area contributed by atoms with Crippen LogP contribution in [-0.2, 0) is 23.9 Å². The van der Waals surface area contributed by atoms with Gasteiger partial charge in [0.2, 0.25) is 0 Å². The zero-order valence-electron chi connectivity index (χ0n) is 24.4. The van der Waals surface area contributed by atoms with E-state index in [2.05, 4.69) is 6.92 Å². The van der Waals surface area contributed by atoms with Crippen LogP contribution in [0, 0.1) is 41.4 Å². The second kappa shape index (κ2) is 10.2. The zero-order chi connectivity index (χ0) is 29.2. The number of methoxy groups -OCH3 is 1. The maximum absolute atomic E-state index is 13.9. The van der Waals surface area contributed by atoms with Crippen LogP contribution in [0.25, 0.3) is 6.08 Å². The van der Waals surface area contributed by atoms with Crippen molar-refractivity contribution < 1.29 is 26.9 Å². The summed E-state index contributed by atoms with van der Waals surface area (Å²) in [7, 11) is -2.21. The third-order valence-electron chi connectivity index (χ3n) is 11.0. The Morgan fingerprint density at radius 3 is 2.34 bits per heavy atom. The number of ketones is 2. The molecule has 6 rings (SSSR count). The zero-order valence-corrected chi connectivity index (χ0v) is 25.2. The van der Waals surface area contributed by atoms with Crippen LogP contribution in [-0.4, -0.2) is 33.2 Å². The monoisotopic (exact) mass is 576 g/mol. The molecule has 0 aromatic heterocycles. The molecule has 0 radical (unpaired) electrons. The molecule has 2 aromatic rings. The molecular weight excluding hydrogens is 536 g/mol. The van der Waals surface area contributed by atoms with Gasteiger partial charge in [0.05, 0.1) is 18.1 Å². The molecule has 4 aliphatic rings. The fourth-order valence-electron chi connectivity index (χ4n) is 8.78. The molecule has 218 valence electrons. The van der Waals surface area contributed by atoms with Gasteiger partial charge in [0, 0.05) is 17.8 Å². The number of Topliss-reactive ketones (excluding diaryl/α,β-unsaturated/α-hetero) is 2. The second-order valence-electron chi connectivity index (χ2n) is 13.3. The first kappa shape index (κ1) is 28.4. The van der Waals surface area contributed by atoms with Crippen LogP contribution in [0.4, 0.5) is 0 Å². The predicted octanol–water partition coefficient (Wildman–Crippen LogP) is 6.56. The Kier molecular flexibility index (Phi) is 7.05. The van der Waals surface area contributed by atoms with E-state index in [1.165, 1.54) is 0 Å². The maximum atomic E-state index is 13.9. The Hall–Kier alpha value is -2.77. The quantitative estimate of drug-likeness (QED) is 0.296. The van der Waals surface area contributed by atoms with Gasteiger partial charge in [-0.3, -0.25) is 13.8 Å². The predicted molar refractivity (Wildman–Crippen MR) is 157 cm³/mol. The van der Waals surface area contributed by atoms with Crippen molar-refractivity contribution in [3.8, 4) is 5.75 Å². The van der Waals surface area contributed by atoms with Crippen molar-refractivity contribution in [3.63, 3.8) is 0 Å². The first-order valence-electron chi connectivity index (χ1n) is 14.9. The number of carbonyl (C=O) groups excluding carboxylic acids is 2. The van der Waals surface area contributed by atoms with E-state index in [4.69, 9.17) is 8.92 Å². The Morgan fingerprint density at radius 1 is 0.951 bits per heavy atom. The standard InChI is InChI=1S/C34H40O6S/c1-21-5-12-27(13-6-21)41(37,38)40-26-15-16-33(2)24(19-26)9-14-28-29-18-23(17-22-7-10-25(39-4)11-8-22)32(36)34(29,3)20-30(35)31(28)33/h5-8,10-13,17,24,26,28-29,31H,9,14-16,18-20H2,1-4H3/b23-17+/t24-,26+,28-,29-,31+,33-,34-/m0/s1. The lowest BCUT2D eigenvalue weighted by Crippen LogP contribution is -2.57. The van der Waals surface area contributed by atoms with Gasteiger partial charge in [-0.25, -0.2) is 0 Å². The summed E-state index contributed by atoms with van der Waals surface area (Å²) >= 11 is 0. The number of benzene rings is 2. The first-order valence-corrected chi connectivity index (χ1v) is 16.3. The molecule has 7 atom stereocenters. The summed E-state index contributed by atoms with van der Waals surface area (Å²) in [5, 5.41) is 0. The van der Waals surface area contributed by atoms with Crippen molar-refractivity contribution in [1.29, 1.82) is 0 Å². The van der Waals surface area contributed by atoms with Gasteiger partial charge in [0.25, 0.3) is 10.1 Å². The van der Waals surface area contributed by atoms with E-state index >= 15 is 0 Å². The van der Waals surface area contributed by atoms with Crippen molar-refractivity contribution in [3.05, 3.63) is 65.2 Å². The van der Waals surface area contributed by atoms with Crippen molar-refractivity contribution in [1.82, 2.24) is 0 Å². The molecule has 41 heavy (non-hydrogen) atoms. The maximum Gasteiger partial charge on any atom is 0.297 e. The van der Waals surface area contributed by atoms with E-state index in [0.29, 0.717) is 25.7 Å². The number of hydrogen-bond acceptors (Lipinski definition) is 6. The summed E-state index contributed by atoms with van der Waals surface area (Å²) in [5.74, 6) is 1.55. The average Bonchev–Trinajstić information content (AvgIpc) is 3.18. The molecule has 0 heterocycles. The van der Waals surface area contributed by atoms with Gasteiger partial charge < -0.3 is 4.74 Å². The summed E-state index contributed by atoms with van der Waals surface area (Å²) in [6.45, 7) is 6.17. The summed E-state index contributed by atoms with van der Waals surface area (Å²) < 4.78 is 37.0. The molecule has 0 bridgehead atoms. The summed E-state index contributed by atoms with van der Waals surface area (Å²) in [4.78, 5) is 27.9. The largest absolute Gasteiger partial charge is 0.497 e. The molecule has 0 saturated heterocycles. The number of rotatable bonds is 5. The lowest BCUT2D eigenvalue weighted by Gasteiger charge is -2.59. The van der Waals surface area contributed by atoms with Gasteiger partial charge in [-0.2, -0.15) is 8.42 Å². The smallest absolute Gasteiger partial charge is 0.297 e. The third-order valence-corrected chi connectivity index (χ3v) is 12.4. The number of ether oxygens (including phenoxy) is 1. The molecule has 0 amide bonds. The number of hydrogen-bond donors (Lipinski definition) is 0. The van der Waals surface area contributed by atoms with Crippen LogP contribution < -0.4 is 4.74 Å². The van der Waals surface area contributed by atoms with Gasteiger partial charge in [-0.05, 0) is 110 Å². The van der Waals surface area contributed by atoms with E-state index in [-0.39, 0.29) is 51.7 Å². The average molecular weight is 577 g/mol. The highest BCUT2D eigenvalue weighted by Crippen LogP contribution is 2.65. The number of aryl methyl sites for hydroxylation is 1. The van der Waals surface area contributed by atoms with Crippen molar-refractivity contribution >= 4 is 27.8 Å². The SMILES string of the molecule is COc1ccc(/C=C2\C[C@H]3[C@@H]4CC[C@H]5C[C@H](OS(=O)(=O)c6ccc(C)cc6)CC[C@]5(C)[C@H]4C(=O)C[C@]3(C)C2=O)cc1. The summed E-state index contributed by atoms with van der Waals surface area (Å²) in [6.07, 6.45) is 6.43. The lowest BCUT2D eigenvalue weighted by atomic mass is 9.45. The van der Waals surface area contributed by atoms with Crippen LogP contribution in [0.2, 0.25) is 0 Å². The molecule has 7 heteroatoms. The minimum Gasteiger partial charge on any atom is -0.497 e. The molecule has 4 fully saturated rings. The minimum absolute atomic E-state index is 0.0953. The highest BCUT2D eigenvalue weighted by atomic mass is 32.2. The van der Waals surface area contributed by atoms with Gasteiger partial charge in [0.15, 0.2) is 5.78 Å². The normalized spacial score (nSPS) is 36.0. The Morgan fingerprint density at radius 2 is 1.66 bits per heavy atom. The van der Waals surface area contributed by atoms with Crippen LogP contribution >= 0.6 is 0 Å². The van der Waals surface area contributed by atoms with Crippen LogP contribution in [0.1, 0.15) is 69.9 Å². The van der Waals surface area contributed by atoms with E-state index in [0.717, 1.165) is 41.7 Å². The lowest BCUT2D eigenvalue weighted by molar-refractivity contribution is -0.161. The molecule has 4 aliphatic carbocycles. The van der Waals surface area contributed by atoms with Crippen LogP contribution in [0.5, 0.6) is 5.75 Å². The van der Waals surface area contributed by atoms with Gasteiger partial charge in [-0.15, -0.1) is 0 Å². The number of fused-ring (bicyclic) bond motifs is 5. The van der Waals surface area contributed by atoms with Crippen molar-refractivity contribution in [2.45, 2.75) is 76.7 Å². The number of carbonyl (C=O) groups is 2. The third kappa shape index (κ3) is 4.79. The molecule has 2 aromatic carbocycles. The Labute approximate surface area is 243 Å². The van der Waals surface area contributed by atoms with E-state index in [9.17, 15) is 18.0 Å². The highest BCUT2D eigenvalue weighted by Gasteiger charge is 2.64. The van der Waals surface area contributed by atoms with Gasteiger partial charge in [-0.1, -0.05) is 43.7 Å². The topological polar surface area (TPSA) is 86.7 Å². The van der Waals surface area contributed by atoms with Crippen molar-refractivity contribution in [2.24, 2.45) is 34.5 Å². The van der Waals surface area contributed by atoms with Crippen molar-refractivity contribution in [2.75, 3.05) is 7.11 Å². The molecule has 0 spiro atoms. The van der Waals surface area contributed by atoms with Crippen LogP contribution in [0.15, 0.2) is 59.0 Å². The summed E-state index contributed by atoms with van der Waals surface area (Å²) in [6, 6.07) is 14.5. The number of allylic oxidation sites excluding steroid dienone is 1. The second-order valence-corrected chi connectivity index (χ2v) is 14.9. The molecule has 6 nitrogen and oxygen atoms in total.